The third kappa shape index (κ3) is 17.2. The molecule has 6 rings (SSSR count). The summed E-state index contributed by atoms with van der Waals surface area (Å²) in [6.45, 7) is 10.9. The first-order valence-corrected chi connectivity index (χ1v) is 23.5. The zero-order valence-electron chi connectivity index (χ0n) is 38.6. The van der Waals surface area contributed by atoms with E-state index in [-0.39, 0.29) is 30.3 Å². The molecule has 0 unspecified atom stereocenters. The lowest BCUT2D eigenvalue weighted by molar-refractivity contribution is -0.156. The number of nitrogens with zero attached hydrogens (tertiary/aromatic N) is 2. The summed E-state index contributed by atoms with van der Waals surface area (Å²) in [5.41, 5.74) is 5.42. The highest BCUT2D eigenvalue weighted by Crippen LogP contribution is 2.29. The molecule has 350 valence electrons. The maximum atomic E-state index is 14.0. The summed E-state index contributed by atoms with van der Waals surface area (Å²) in [6, 6.07) is 24.9. The minimum atomic E-state index is -0.494. The number of pyridine rings is 1. The molecule has 0 spiro atoms. The first kappa shape index (κ1) is 49.1. The summed E-state index contributed by atoms with van der Waals surface area (Å²) in [5.74, 6) is -0.215. The zero-order valence-corrected chi connectivity index (χ0v) is 38.6. The van der Waals surface area contributed by atoms with E-state index in [1.807, 2.05) is 99.8 Å². The molecular weight excluding hydrogens is 825 g/mol. The Labute approximate surface area is 384 Å². The Morgan fingerprint density at radius 3 is 2.02 bits per heavy atom. The summed E-state index contributed by atoms with van der Waals surface area (Å²) < 4.78 is 33.7. The number of carbonyl (C=O) groups excluding carboxylic acids is 3. The van der Waals surface area contributed by atoms with E-state index in [0.29, 0.717) is 81.2 Å². The molecule has 0 atom stereocenters. The first-order valence-electron chi connectivity index (χ1n) is 23.5. The smallest absolute Gasteiger partial charge is 0.308 e. The normalized spacial score (nSPS) is 14.5. The Balaban J connectivity index is 0.931. The van der Waals surface area contributed by atoms with E-state index in [0.717, 1.165) is 74.0 Å². The summed E-state index contributed by atoms with van der Waals surface area (Å²) in [4.78, 5) is 46.3. The lowest BCUT2D eigenvalue weighted by atomic mass is 9.98. The number of amides is 2. The van der Waals surface area contributed by atoms with E-state index >= 15 is 0 Å². The van der Waals surface area contributed by atoms with Crippen LogP contribution < -0.4 is 20.3 Å². The van der Waals surface area contributed by atoms with Crippen LogP contribution in [0.3, 0.4) is 0 Å². The molecule has 1 saturated heterocycles. The highest BCUT2D eigenvalue weighted by Gasteiger charge is 2.20. The Hall–Kier alpha value is -5.34. The quantitative estimate of drug-likeness (QED) is 0.0512. The van der Waals surface area contributed by atoms with Gasteiger partial charge in [-0.1, -0.05) is 30.7 Å². The molecule has 2 heterocycles. The molecule has 2 N–H and O–H groups in total. The fourth-order valence-corrected chi connectivity index (χ4v) is 7.85. The number of aromatic nitrogens is 1. The molecule has 4 aromatic rings. The van der Waals surface area contributed by atoms with Crippen molar-refractivity contribution in [3.8, 4) is 17.0 Å². The standard InChI is InChI=1S/C52H68N4O9/c1-52(2,3)65-49(57)25-29-61-31-33-63-35-34-62-32-30-60-28-11-13-39-12-10-14-41(36-39)50(58)55-47-23-22-44(56-26-8-5-9-27-56)37-46(47)51(59)54-43-20-17-40(18-21-43)42-19-24-48(53-38-42)64-45-15-6-4-7-16-45/h10,12,14,17-24,36-38,45H,4-9,11,13,15-16,25-35H2,1-3H3,(H,54,59)(H,55,58). The van der Waals surface area contributed by atoms with Gasteiger partial charge in [-0.15, -0.1) is 0 Å². The molecule has 13 heteroatoms. The summed E-state index contributed by atoms with van der Waals surface area (Å²) in [5, 5.41) is 6.10. The number of carbonyl (C=O) groups is 3. The lowest BCUT2D eigenvalue weighted by Gasteiger charge is -2.29. The van der Waals surface area contributed by atoms with Gasteiger partial charge >= 0.3 is 5.97 Å². The fraction of sp³-hybridized carbons (Fsp3) is 0.500. The highest BCUT2D eigenvalue weighted by atomic mass is 16.6. The SMILES string of the molecule is CC(C)(C)OC(=O)CCOCCOCCOCCOCCCc1cccc(C(=O)Nc2ccc(N3CCCCC3)cc2C(=O)Nc2ccc(-c3ccc(OC4CCCCC4)nc3)cc2)c1. The lowest BCUT2D eigenvalue weighted by Crippen LogP contribution is -2.29. The molecule has 65 heavy (non-hydrogen) atoms. The number of hydrogen-bond donors (Lipinski definition) is 2. The molecule has 0 radical (unpaired) electrons. The number of esters is 1. The zero-order chi connectivity index (χ0) is 45.7. The van der Waals surface area contributed by atoms with E-state index in [1.54, 1.807) is 6.07 Å². The molecule has 2 aliphatic rings. The molecule has 1 aromatic heterocycles. The van der Waals surface area contributed by atoms with Crippen LogP contribution in [0.15, 0.2) is 85.1 Å². The van der Waals surface area contributed by atoms with Crippen molar-refractivity contribution in [2.45, 2.75) is 103 Å². The number of piperidine rings is 1. The van der Waals surface area contributed by atoms with Gasteiger partial charge in [0.1, 0.15) is 11.7 Å². The molecular formula is C52H68N4O9. The van der Waals surface area contributed by atoms with Crippen molar-refractivity contribution in [1.82, 2.24) is 4.98 Å². The number of aryl methyl sites for hydroxylation is 1. The Bertz CT molecular complexity index is 2080. The second-order valence-electron chi connectivity index (χ2n) is 17.6. The van der Waals surface area contributed by atoms with Crippen LogP contribution in [0.1, 0.15) is 111 Å². The second kappa shape index (κ2) is 26.0. The van der Waals surface area contributed by atoms with Crippen LogP contribution >= 0.6 is 0 Å². The van der Waals surface area contributed by atoms with Gasteiger partial charge in [0.2, 0.25) is 5.88 Å². The minimum Gasteiger partial charge on any atom is -0.474 e. The van der Waals surface area contributed by atoms with Gasteiger partial charge < -0.3 is 44.0 Å². The minimum absolute atomic E-state index is 0.215. The van der Waals surface area contributed by atoms with Crippen LogP contribution in [0.25, 0.3) is 11.1 Å². The Morgan fingerprint density at radius 2 is 1.34 bits per heavy atom. The monoisotopic (exact) mass is 892 g/mol. The summed E-state index contributed by atoms with van der Waals surface area (Å²) in [6.07, 6.45) is 13.1. The van der Waals surface area contributed by atoms with Crippen LogP contribution in [0.4, 0.5) is 17.1 Å². The van der Waals surface area contributed by atoms with Crippen molar-refractivity contribution >= 4 is 34.8 Å². The third-order valence-corrected chi connectivity index (χ3v) is 11.2. The van der Waals surface area contributed by atoms with Crippen molar-refractivity contribution in [1.29, 1.82) is 0 Å². The van der Waals surface area contributed by atoms with E-state index in [4.69, 9.17) is 28.4 Å². The molecule has 1 aliphatic carbocycles. The summed E-state index contributed by atoms with van der Waals surface area (Å²) in [7, 11) is 0. The van der Waals surface area contributed by atoms with Crippen molar-refractivity contribution in [2.75, 3.05) is 81.5 Å². The number of anilines is 3. The van der Waals surface area contributed by atoms with Gasteiger partial charge in [0.15, 0.2) is 0 Å². The Kier molecular flexibility index (Phi) is 19.6. The Morgan fingerprint density at radius 1 is 0.677 bits per heavy atom. The molecule has 3 aromatic carbocycles. The van der Waals surface area contributed by atoms with Crippen LogP contribution in [0.2, 0.25) is 0 Å². The number of ether oxygens (including phenoxy) is 6. The average molecular weight is 893 g/mol. The number of nitrogens with one attached hydrogen (secondary N) is 2. The van der Waals surface area contributed by atoms with E-state index in [9.17, 15) is 14.4 Å². The van der Waals surface area contributed by atoms with E-state index < -0.39 is 5.60 Å². The maximum absolute atomic E-state index is 14.0. The number of rotatable bonds is 24. The first-order chi connectivity index (χ1) is 31.6. The van der Waals surface area contributed by atoms with Crippen LogP contribution in [-0.4, -0.2) is 100 Å². The van der Waals surface area contributed by atoms with Crippen LogP contribution in [0.5, 0.6) is 5.88 Å². The summed E-state index contributed by atoms with van der Waals surface area (Å²) >= 11 is 0. The van der Waals surface area contributed by atoms with Crippen molar-refractivity contribution in [3.05, 3.63) is 102 Å². The second-order valence-corrected chi connectivity index (χ2v) is 17.6. The molecule has 2 fully saturated rings. The predicted octanol–water partition coefficient (Wildman–Crippen LogP) is 9.69. The van der Waals surface area contributed by atoms with Gasteiger partial charge in [-0.05, 0) is 138 Å². The molecule has 1 saturated carbocycles. The van der Waals surface area contributed by atoms with Gasteiger partial charge in [-0.25, -0.2) is 4.98 Å². The van der Waals surface area contributed by atoms with Crippen molar-refractivity contribution < 1.29 is 42.8 Å². The molecule has 13 nitrogen and oxygen atoms in total. The maximum Gasteiger partial charge on any atom is 0.308 e. The van der Waals surface area contributed by atoms with Gasteiger partial charge in [0.25, 0.3) is 11.8 Å². The molecule has 2 amide bonds. The molecule has 1 aliphatic heterocycles. The van der Waals surface area contributed by atoms with Gasteiger partial charge in [0.05, 0.1) is 63.9 Å². The average Bonchev–Trinajstić information content (AvgIpc) is 3.31. The molecule has 0 bridgehead atoms. The van der Waals surface area contributed by atoms with Gasteiger partial charge in [-0.2, -0.15) is 0 Å². The van der Waals surface area contributed by atoms with Crippen molar-refractivity contribution in [3.63, 3.8) is 0 Å². The van der Waals surface area contributed by atoms with Crippen LogP contribution in [0, 0.1) is 0 Å². The van der Waals surface area contributed by atoms with Gasteiger partial charge in [-0.3, -0.25) is 14.4 Å². The third-order valence-electron chi connectivity index (χ3n) is 11.2. The van der Waals surface area contributed by atoms with E-state index in [2.05, 4.69) is 20.5 Å². The predicted molar refractivity (Wildman–Crippen MR) is 254 cm³/mol. The number of hydrogen-bond acceptors (Lipinski definition) is 11. The number of benzene rings is 3. The van der Waals surface area contributed by atoms with Crippen LogP contribution in [-0.2, 0) is 34.9 Å². The van der Waals surface area contributed by atoms with E-state index in [1.165, 1.54) is 25.7 Å². The largest absolute Gasteiger partial charge is 0.474 e. The highest BCUT2D eigenvalue weighted by molar-refractivity contribution is 6.13. The van der Waals surface area contributed by atoms with Crippen molar-refractivity contribution in [2.24, 2.45) is 0 Å². The van der Waals surface area contributed by atoms with Gasteiger partial charge in [0, 0.05) is 54.5 Å². The fourth-order valence-electron chi connectivity index (χ4n) is 7.85. The topological polar surface area (TPSA) is 147 Å².